The third kappa shape index (κ3) is 5.18. The number of piperidine rings is 1. The fourth-order valence-corrected chi connectivity index (χ4v) is 4.83. The largest absolute Gasteiger partial charge is 0.349 e. The molecule has 1 atom stereocenters. The number of nitrogens with zero attached hydrogens (tertiary/aromatic N) is 1. The third-order valence-electron chi connectivity index (χ3n) is 6.19. The van der Waals surface area contributed by atoms with Gasteiger partial charge in [0, 0.05) is 31.6 Å². The van der Waals surface area contributed by atoms with Gasteiger partial charge in [-0.25, -0.2) is 0 Å². The smallest absolute Gasteiger partial charge is 0.173 e. The minimum absolute atomic E-state index is 0.807. The van der Waals surface area contributed by atoms with Crippen molar-refractivity contribution in [3.63, 3.8) is 0 Å². The summed E-state index contributed by atoms with van der Waals surface area (Å²) >= 11 is 5.65. The van der Waals surface area contributed by atoms with Crippen LogP contribution in [0.2, 0.25) is 0 Å². The van der Waals surface area contributed by atoms with Crippen LogP contribution < -0.4 is 10.2 Å². The lowest BCUT2D eigenvalue weighted by Crippen LogP contribution is -3.17. The van der Waals surface area contributed by atoms with Crippen molar-refractivity contribution in [1.82, 2.24) is 4.90 Å². The topological polar surface area (TPSA) is 19.7 Å². The van der Waals surface area contributed by atoms with Crippen molar-refractivity contribution in [2.75, 3.05) is 25.5 Å². The van der Waals surface area contributed by atoms with Crippen molar-refractivity contribution in [3.8, 4) is 0 Å². The highest BCUT2D eigenvalue weighted by Crippen LogP contribution is 2.18. The van der Waals surface area contributed by atoms with Crippen LogP contribution in [0.3, 0.4) is 0 Å². The third-order valence-corrected chi connectivity index (χ3v) is 6.55. The number of rotatable bonds is 3. The summed E-state index contributed by atoms with van der Waals surface area (Å²) < 4.78 is 0. The molecule has 1 aromatic rings. The van der Waals surface area contributed by atoms with Crippen LogP contribution in [0.1, 0.15) is 56.9 Å². The monoisotopic (exact) mass is 360 g/mol. The van der Waals surface area contributed by atoms with Gasteiger partial charge in [0.15, 0.2) is 5.11 Å². The number of quaternary nitrogens is 1. The van der Waals surface area contributed by atoms with Gasteiger partial charge in [0.25, 0.3) is 0 Å². The van der Waals surface area contributed by atoms with Crippen molar-refractivity contribution in [2.24, 2.45) is 0 Å². The molecule has 1 saturated carbocycles. The average molecular weight is 361 g/mol. The van der Waals surface area contributed by atoms with Crippen molar-refractivity contribution >= 4 is 23.0 Å². The van der Waals surface area contributed by atoms with Crippen molar-refractivity contribution < 1.29 is 4.90 Å². The number of anilines is 1. The molecule has 0 radical (unpaired) electrons. The average Bonchev–Trinajstić information content (AvgIpc) is 2.90. The Bertz CT molecular complexity index is 558. The summed E-state index contributed by atoms with van der Waals surface area (Å²) in [7, 11) is 2.44. The first-order valence-electron chi connectivity index (χ1n) is 10.1. The molecular weight excluding hydrogens is 326 g/mol. The van der Waals surface area contributed by atoms with Crippen LogP contribution >= 0.6 is 12.2 Å². The van der Waals surface area contributed by atoms with Crippen LogP contribution in [0, 0.1) is 6.92 Å². The van der Waals surface area contributed by atoms with Gasteiger partial charge in [0.2, 0.25) is 0 Å². The second-order valence-corrected chi connectivity index (χ2v) is 8.38. The molecule has 2 N–H and O–H groups in total. The number of thiocarbonyl (C=S) groups is 1. The van der Waals surface area contributed by atoms with Crippen molar-refractivity contribution in [1.29, 1.82) is 0 Å². The predicted molar refractivity (Wildman–Crippen MR) is 110 cm³/mol. The van der Waals surface area contributed by atoms with Crippen LogP contribution in [-0.4, -0.2) is 42.2 Å². The van der Waals surface area contributed by atoms with Crippen LogP contribution in [0.4, 0.5) is 5.69 Å². The summed E-state index contributed by atoms with van der Waals surface area (Å²) in [6.07, 6.45) is 11.1. The van der Waals surface area contributed by atoms with E-state index in [2.05, 4.69) is 48.5 Å². The SMILES string of the molecule is Cc1cccc(NC(=S)N2CCC([NH+](C)C3CCCCCC3)CC2)c1. The van der Waals surface area contributed by atoms with Crippen LogP contribution in [-0.2, 0) is 0 Å². The molecule has 1 saturated heterocycles. The van der Waals surface area contributed by atoms with Gasteiger partial charge >= 0.3 is 0 Å². The lowest BCUT2D eigenvalue weighted by Gasteiger charge is -2.38. The maximum Gasteiger partial charge on any atom is 0.173 e. The highest BCUT2D eigenvalue weighted by Gasteiger charge is 2.31. The first-order valence-corrected chi connectivity index (χ1v) is 10.5. The molecule has 0 spiro atoms. The van der Waals surface area contributed by atoms with E-state index in [0.717, 1.165) is 36.0 Å². The molecular formula is C21H34N3S+. The second kappa shape index (κ2) is 9.00. The summed E-state index contributed by atoms with van der Waals surface area (Å²) in [5.41, 5.74) is 2.37. The number of nitrogens with one attached hydrogen (secondary N) is 2. The van der Waals surface area contributed by atoms with Crippen molar-refractivity contribution in [2.45, 2.75) is 70.4 Å². The van der Waals surface area contributed by atoms with Gasteiger partial charge in [0.1, 0.15) is 0 Å². The standard InChI is InChI=1S/C21H33N3S/c1-17-8-7-9-18(16-17)22-21(25)24-14-12-20(13-15-24)23(2)19-10-5-3-4-6-11-19/h7-9,16,19-20H,3-6,10-15H2,1-2H3,(H,22,25)/p+1. The van der Waals surface area contributed by atoms with Gasteiger partial charge in [0.05, 0.1) is 19.1 Å². The van der Waals surface area contributed by atoms with E-state index in [1.165, 1.54) is 56.9 Å². The molecule has 4 heteroatoms. The first-order chi connectivity index (χ1) is 12.1. The fourth-order valence-electron chi connectivity index (χ4n) is 4.53. The molecule has 0 amide bonds. The highest BCUT2D eigenvalue weighted by atomic mass is 32.1. The highest BCUT2D eigenvalue weighted by molar-refractivity contribution is 7.80. The van der Waals surface area contributed by atoms with Crippen molar-refractivity contribution in [3.05, 3.63) is 29.8 Å². The van der Waals surface area contributed by atoms with Gasteiger partial charge < -0.3 is 15.1 Å². The normalized spacial score (nSPS) is 21.6. The minimum atomic E-state index is 0.807. The second-order valence-electron chi connectivity index (χ2n) is 7.99. The van der Waals surface area contributed by atoms with Gasteiger partial charge in [-0.1, -0.05) is 25.0 Å². The number of hydrogen-bond acceptors (Lipinski definition) is 1. The maximum atomic E-state index is 5.65. The zero-order chi connectivity index (χ0) is 17.6. The molecule has 25 heavy (non-hydrogen) atoms. The first kappa shape index (κ1) is 18.7. The molecule has 3 nitrogen and oxygen atoms in total. The molecule has 1 aromatic carbocycles. The predicted octanol–water partition coefficient (Wildman–Crippen LogP) is 3.39. The Morgan fingerprint density at radius 2 is 1.68 bits per heavy atom. The molecule has 0 aromatic heterocycles. The van der Waals surface area contributed by atoms with Gasteiger partial charge in [-0.05, 0) is 62.5 Å². The minimum Gasteiger partial charge on any atom is -0.349 e. The van der Waals surface area contributed by atoms with E-state index in [-0.39, 0.29) is 0 Å². The molecule has 3 rings (SSSR count). The van der Waals surface area contributed by atoms with E-state index in [9.17, 15) is 0 Å². The molecule has 1 heterocycles. The summed E-state index contributed by atoms with van der Waals surface area (Å²) in [6, 6.07) is 10.1. The Morgan fingerprint density at radius 3 is 2.32 bits per heavy atom. The van der Waals surface area contributed by atoms with E-state index < -0.39 is 0 Å². The Labute approximate surface area is 158 Å². The summed E-state index contributed by atoms with van der Waals surface area (Å²) in [5, 5.41) is 4.30. The van der Waals surface area contributed by atoms with Gasteiger partial charge in [-0.15, -0.1) is 0 Å². The molecule has 1 aliphatic heterocycles. The molecule has 2 aliphatic rings. The lowest BCUT2D eigenvalue weighted by molar-refractivity contribution is -0.933. The van der Waals surface area contributed by atoms with Gasteiger partial charge in [-0.2, -0.15) is 0 Å². The van der Waals surface area contributed by atoms with E-state index in [4.69, 9.17) is 12.2 Å². The van der Waals surface area contributed by atoms with E-state index in [1.807, 2.05) is 0 Å². The van der Waals surface area contributed by atoms with Crippen LogP contribution in [0.5, 0.6) is 0 Å². The van der Waals surface area contributed by atoms with Crippen LogP contribution in [0.25, 0.3) is 0 Å². The fraction of sp³-hybridized carbons (Fsp3) is 0.667. The Kier molecular flexibility index (Phi) is 6.71. The van der Waals surface area contributed by atoms with E-state index in [0.29, 0.717) is 0 Å². The quantitative estimate of drug-likeness (QED) is 0.637. The number of likely N-dealkylation sites (tertiary alicyclic amines) is 1. The summed E-state index contributed by atoms with van der Waals surface area (Å²) in [5.74, 6) is 0. The number of aryl methyl sites for hydroxylation is 1. The number of hydrogen-bond donors (Lipinski definition) is 2. The van der Waals surface area contributed by atoms with Gasteiger partial charge in [-0.3, -0.25) is 0 Å². The molecule has 2 fully saturated rings. The molecule has 0 bridgehead atoms. The van der Waals surface area contributed by atoms with E-state index >= 15 is 0 Å². The maximum absolute atomic E-state index is 5.65. The summed E-state index contributed by atoms with van der Waals surface area (Å²) in [6.45, 7) is 4.30. The zero-order valence-corrected chi connectivity index (χ0v) is 16.7. The Balaban J connectivity index is 1.48. The molecule has 138 valence electrons. The molecule has 1 unspecified atom stereocenters. The Morgan fingerprint density at radius 1 is 1.04 bits per heavy atom. The van der Waals surface area contributed by atoms with E-state index in [1.54, 1.807) is 4.90 Å². The summed E-state index contributed by atoms with van der Waals surface area (Å²) in [4.78, 5) is 4.15. The van der Waals surface area contributed by atoms with Crippen LogP contribution in [0.15, 0.2) is 24.3 Å². The molecule has 1 aliphatic carbocycles. The lowest BCUT2D eigenvalue weighted by atomic mass is 9.99. The zero-order valence-electron chi connectivity index (χ0n) is 15.9. The number of benzene rings is 1. The Hall–Kier alpha value is -1.13.